The summed E-state index contributed by atoms with van der Waals surface area (Å²) in [5.74, 6) is -0.685. The van der Waals surface area contributed by atoms with E-state index in [4.69, 9.17) is 16.1 Å². The summed E-state index contributed by atoms with van der Waals surface area (Å²) >= 11 is 5.85. The summed E-state index contributed by atoms with van der Waals surface area (Å²) in [7, 11) is 1.08. The summed E-state index contributed by atoms with van der Waals surface area (Å²) in [6, 6.07) is 9.35. The molecule has 0 aliphatic heterocycles. The average molecular weight is 390 g/mol. The Morgan fingerprint density at radius 2 is 2.04 bits per heavy atom. The number of methoxy groups -OCH3 is 1. The summed E-state index contributed by atoms with van der Waals surface area (Å²) < 4.78 is 10.7. The number of nitrogens with zero attached hydrogens (tertiary/aromatic N) is 3. The number of aromatic nitrogens is 2. The second-order valence-corrected chi connectivity index (χ2v) is 5.92. The van der Waals surface area contributed by atoms with Crippen molar-refractivity contribution < 1.29 is 19.0 Å². The molecule has 2 heterocycles. The molecule has 0 fully saturated rings. The summed E-state index contributed by atoms with van der Waals surface area (Å²) in [4.78, 5) is 34.5. The maximum Gasteiger partial charge on any atom is 0.343 e. The van der Waals surface area contributed by atoms with Gasteiger partial charge in [0.25, 0.3) is 11.2 Å². The third-order valence-corrected chi connectivity index (χ3v) is 3.96. The standard InChI is InChI=1S/C17H12ClN3O6/c1-26-17(23)14-6-12(21(24)25)8-20(16(14)22)9-13-7-15(19-27-13)10-2-4-11(18)5-3-10/h2-8H,9H2,1H3. The lowest BCUT2D eigenvalue weighted by Gasteiger charge is -2.05. The van der Waals surface area contributed by atoms with E-state index in [0.29, 0.717) is 10.7 Å². The number of carbonyl (C=O) groups excluding carboxylic acids is 1. The molecule has 9 nitrogen and oxygen atoms in total. The highest BCUT2D eigenvalue weighted by molar-refractivity contribution is 6.30. The van der Waals surface area contributed by atoms with Crippen LogP contribution in [0.3, 0.4) is 0 Å². The Balaban J connectivity index is 1.97. The molecule has 0 unspecified atom stereocenters. The molecule has 0 saturated heterocycles. The molecule has 10 heteroatoms. The molecular weight excluding hydrogens is 378 g/mol. The molecule has 0 aliphatic carbocycles. The Morgan fingerprint density at radius 3 is 2.67 bits per heavy atom. The predicted molar refractivity (Wildman–Crippen MR) is 94.7 cm³/mol. The van der Waals surface area contributed by atoms with E-state index in [1.54, 1.807) is 30.3 Å². The van der Waals surface area contributed by atoms with Gasteiger partial charge in [0.15, 0.2) is 5.76 Å². The van der Waals surface area contributed by atoms with Gasteiger partial charge in [-0.05, 0) is 12.1 Å². The Kier molecular flexibility index (Phi) is 5.04. The molecule has 27 heavy (non-hydrogen) atoms. The number of pyridine rings is 1. The summed E-state index contributed by atoms with van der Waals surface area (Å²) in [5, 5.41) is 15.6. The van der Waals surface area contributed by atoms with E-state index in [1.807, 2.05) is 0 Å². The summed E-state index contributed by atoms with van der Waals surface area (Å²) in [6.07, 6.45) is 1.03. The number of rotatable bonds is 5. The summed E-state index contributed by atoms with van der Waals surface area (Å²) in [5.41, 5.74) is -0.349. The van der Waals surface area contributed by atoms with E-state index in [9.17, 15) is 19.7 Å². The first kappa shape index (κ1) is 18.3. The number of ether oxygens (including phenoxy) is 1. The van der Waals surface area contributed by atoms with Crippen molar-refractivity contribution >= 4 is 23.3 Å². The van der Waals surface area contributed by atoms with Crippen LogP contribution in [0, 0.1) is 10.1 Å². The number of hydrogen-bond donors (Lipinski definition) is 0. The van der Waals surface area contributed by atoms with Crippen molar-refractivity contribution in [1.82, 2.24) is 9.72 Å². The quantitative estimate of drug-likeness (QED) is 0.374. The fraction of sp³-hybridized carbons (Fsp3) is 0.118. The van der Waals surface area contributed by atoms with E-state index in [2.05, 4.69) is 9.89 Å². The van der Waals surface area contributed by atoms with E-state index in [-0.39, 0.29) is 12.3 Å². The second-order valence-electron chi connectivity index (χ2n) is 5.48. The largest absolute Gasteiger partial charge is 0.465 e. The van der Waals surface area contributed by atoms with Gasteiger partial charge in [-0.15, -0.1) is 0 Å². The van der Waals surface area contributed by atoms with Crippen LogP contribution >= 0.6 is 11.6 Å². The van der Waals surface area contributed by atoms with Gasteiger partial charge in [0.05, 0.1) is 24.8 Å². The van der Waals surface area contributed by atoms with Crippen molar-refractivity contribution in [2.24, 2.45) is 0 Å². The van der Waals surface area contributed by atoms with Crippen molar-refractivity contribution in [3.8, 4) is 11.3 Å². The molecule has 0 bridgehead atoms. The minimum absolute atomic E-state index is 0.148. The highest BCUT2D eigenvalue weighted by Gasteiger charge is 2.20. The van der Waals surface area contributed by atoms with Gasteiger partial charge in [0.2, 0.25) is 0 Å². The first-order valence-electron chi connectivity index (χ1n) is 7.57. The molecule has 0 N–H and O–H groups in total. The van der Waals surface area contributed by atoms with Crippen molar-refractivity contribution in [3.63, 3.8) is 0 Å². The molecule has 0 aliphatic rings. The maximum absolute atomic E-state index is 12.4. The van der Waals surface area contributed by atoms with Crippen LogP contribution in [-0.2, 0) is 11.3 Å². The summed E-state index contributed by atoms with van der Waals surface area (Å²) in [6.45, 7) is -0.148. The Bertz CT molecular complexity index is 1070. The SMILES string of the molecule is COC(=O)c1cc([N+](=O)[O-])cn(Cc2cc(-c3ccc(Cl)cc3)no2)c1=O. The minimum Gasteiger partial charge on any atom is -0.465 e. The number of halogens is 1. The second kappa shape index (κ2) is 7.42. The molecule has 3 rings (SSSR count). The average Bonchev–Trinajstić information content (AvgIpc) is 3.11. The predicted octanol–water partition coefficient (Wildman–Crippen LogP) is 2.90. The van der Waals surface area contributed by atoms with Gasteiger partial charge in [-0.3, -0.25) is 14.9 Å². The van der Waals surface area contributed by atoms with E-state index in [0.717, 1.165) is 29.5 Å². The van der Waals surface area contributed by atoms with Crippen molar-refractivity contribution in [2.75, 3.05) is 7.11 Å². The Labute approximate surface area is 156 Å². The van der Waals surface area contributed by atoms with Gasteiger partial charge in [-0.1, -0.05) is 28.9 Å². The molecular formula is C17H12ClN3O6. The van der Waals surface area contributed by atoms with Crippen LogP contribution in [0.2, 0.25) is 5.02 Å². The van der Waals surface area contributed by atoms with Crippen LogP contribution < -0.4 is 5.56 Å². The van der Waals surface area contributed by atoms with Crippen molar-refractivity contribution in [3.05, 3.63) is 79.4 Å². The van der Waals surface area contributed by atoms with E-state index < -0.39 is 27.7 Å². The fourth-order valence-electron chi connectivity index (χ4n) is 2.41. The normalized spacial score (nSPS) is 10.6. The third kappa shape index (κ3) is 3.87. The monoisotopic (exact) mass is 389 g/mol. The van der Waals surface area contributed by atoms with Crippen LogP contribution in [0.15, 0.2) is 51.9 Å². The number of carbonyl (C=O) groups is 1. The zero-order valence-corrected chi connectivity index (χ0v) is 14.7. The van der Waals surface area contributed by atoms with Crippen molar-refractivity contribution in [2.45, 2.75) is 6.54 Å². The van der Waals surface area contributed by atoms with Crippen LogP contribution in [0.1, 0.15) is 16.1 Å². The van der Waals surface area contributed by atoms with E-state index >= 15 is 0 Å². The highest BCUT2D eigenvalue weighted by Crippen LogP contribution is 2.22. The molecule has 0 atom stereocenters. The first-order valence-corrected chi connectivity index (χ1v) is 7.95. The van der Waals surface area contributed by atoms with Crippen LogP contribution in [0.4, 0.5) is 5.69 Å². The number of nitro groups is 1. The molecule has 3 aromatic rings. The number of benzene rings is 1. The van der Waals surface area contributed by atoms with Gasteiger partial charge >= 0.3 is 5.97 Å². The van der Waals surface area contributed by atoms with Crippen LogP contribution in [0.25, 0.3) is 11.3 Å². The van der Waals surface area contributed by atoms with Gasteiger partial charge in [0, 0.05) is 22.7 Å². The topological polar surface area (TPSA) is 117 Å². The molecule has 1 aromatic carbocycles. The molecule has 138 valence electrons. The smallest absolute Gasteiger partial charge is 0.343 e. The zero-order chi connectivity index (χ0) is 19.6. The maximum atomic E-state index is 12.4. The molecule has 2 aromatic heterocycles. The van der Waals surface area contributed by atoms with E-state index in [1.165, 1.54) is 0 Å². The van der Waals surface area contributed by atoms with Gasteiger partial charge < -0.3 is 13.8 Å². The lowest BCUT2D eigenvalue weighted by molar-refractivity contribution is -0.385. The van der Waals surface area contributed by atoms with Gasteiger partial charge in [0.1, 0.15) is 11.3 Å². The number of esters is 1. The Hall–Kier alpha value is -3.46. The van der Waals surface area contributed by atoms with Crippen LogP contribution in [0.5, 0.6) is 0 Å². The highest BCUT2D eigenvalue weighted by atomic mass is 35.5. The van der Waals surface area contributed by atoms with Gasteiger partial charge in [-0.25, -0.2) is 4.79 Å². The lowest BCUT2D eigenvalue weighted by atomic mass is 10.1. The molecule has 0 spiro atoms. The third-order valence-electron chi connectivity index (χ3n) is 3.71. The first-order chi connectivity index (χ1) is 12.9. The molecule has 0 radical (unpaired) electrons. The van der Waals surface area contributed by atoms with Crippen molar-refractivity contribution in [1.29, 1.82) is 0 Å². The Morgan fingerprint density at radius 1 is 1.33 bits per heavy atom. The van der Waals surface area contributed by atoms with Gasteiger partial charge in [-0.2, -0.15) is 0 Å². The molecule has 0 saturated carbocycles. The minimum atomic E-state index is -0.961. The fourth-order valence-corrected chi connectivity index (χ4v) is 2.53. The lowest BCUT2D eigenvalue weighted by Crippen LogP contribution is -2.27. The zero-order valence-electron chi connectivity index (χ0n) is 13.9. The number of hydrogen-bond acceptors (Lipinski definition) is 7. The molecule has 0 amide bonds. The van der Waals surface area contributed by atoms with Crippen LogP contribution in [-0.4, -0.2) is 27.7 Å².